The molecule has 0 saturated heterocycles. The highest BCUT2D eigenvalue weighted by atomic mass is 16.4. The van der Waals surface area contributed by atoms with E-state index in [0.29, 0.717) is 5.56 Å². The molecular formula is C19H29NO2. The van der Waals surface area contributed by atoms with Crippen molar-refractivity contribution in [3.8, 4) is 0 Å². The van der Waals surface area contributed by atoms with Gasteiger partial charge in [-0.05, 0) is 37.3 Å². The highest BCUT2D eigenvalue weighted by Crippen LogP contribution is 2.17. The minimum absolute atomic E-state index is 0.418. The molecule has 1 aromatic rings. The van der Waals surface area contributed by atoms with Crippen LogP contribution in [0.2, 0.25) is 0 Å². The Morgan fingerprint density at radius 1 is 0.818 bits per heavy atom. The minimum Gasteiger partial charge on any atom is -0.478 e. The lowest BCUT2D eigenvalue weighted by atomic mass is 10.0. The summed E-state index contributed by atoms with van der Waals surface area (Å²) in [6.45, 7) is 0. The molecule has 0 amide bonds. The summed E-state index contributed by atoms with van der Waals surface area (Å²) in [5.74, 6) is -0.831. The molecule has 0 fully saturated rings. The Morgan fingerprint density at radius 2 is 1.32 bits per heavy atom. The van der Waals surface area contributed by atoms with Gasteiger partial charge in [0.25, 0.3) is 0 Å². The van der Waals surface area contributed by atoms with Crippen molar-refractivity contribution in [3.05, 3.63) is 29.1 Å². The second-order valence-corrected chi connectivity index (χ2v) is 6.53. The number of aromatic nitrogens is 1. The Bertz CT molecular complexity index is 471. The fraction of sp³-hybridized carbons (Fsp3) is 0.684. The van der Waals surface area contributed by atoms with Gasteiger partial charge in [-0.15, -0.1) is 0 Å². The maximum atomic E-state index is 11.5. The van der Waals surface area contributed by atoms with Gasteiger partial charge >= 0.3 is 5.97 Å². The zero-order chi connectivity index (χ0) is 15.6. The third-order valence-corrected chi connectivity index (χ3v) is 4.64. The van der Waals surface area contributed by atoms with E-state index in [2.05, 4.69) is 4.98 Å². The SMILES string of the molecule is O=C(O)c1cc2cnc1CCCCCCCCCCCCC2. The molecule has 2 bridgehead atoms. The van der Waals surface area contributed by atoms with Crippen LogP contribution in [0.3, 0.4) is 0 Å². The van der Waals surface area contributed by atoms with Crippen molar-refractivity contribution >= 4 is 5.97 Å². The molecule has 0 radical (unpaired) electrons. The first-order chi connectivity index (χ1) is 10.8. The number of carboxylic acid groups (broad SMARTS) is 1. The van der Waals surface area contributed by atoms with Crippen LogP contribution < -0.4 is 0 Å². The molecule has 1 aromatic heterocycles. The van der Waals surface area contributed by atoms with Crippen LogP contribution in [-0.4, -0.2) is 16.1 Å². The Balaban J connectivity index is 2.02. The fourth-order valence-corrected chi connectivity index (χ4v) is 3.27. The Kier molecular flexibility index (Phi) is 7.41. The fourth-order valence-electron chi connectivity index (χ4n) is 3.27. The second-order valence-electron chi connectivity index (χ2n) is 6.53. The lowest BCUT2D eigenvalue weighted by molar-refractivity contribution is 0.0695. The van der Waals surface area contributed by atoms with Gasteiger partial charge in [0.2, 0.25) is 0 Å². The van der Waals surface area contributed by atoms with E-state index >= 15 is 0 Å². The molecule has 122 valence electrons. The van der Waals surface area contributed by atoms with Crippen LogP contribution in [-0.2, 0) is 12.8 Å². The molecule has 3 heteroatoms. The Morgan fingerprint density at radius 3 is 1.86 bits per heavy atom. The Labute approximate surface area is 134 Å². The van der Waals surface area contributed by atoms with Gasteiger partial charge in [0.15, 0.2) is 0 Å². The predicted octanol–water partition coefficient (Wildman–Crippen LogP) is 5.17. The van der Waals surface area contributed by atoms with Crippen LogP contribution in [0.15, 0.2) is 12.3 Å². The van der Waals surface area contributed by atoms with E-state index in [1.807, 2.05) is 12.3 Å². The van der Waals surface area contributed by atoms with E-state index in [9.17, 15) is 9.90 Å². The van der Waals surface area contributed by atoms with E-state index in [0.717, 1.165) is 36.9 Å². The number of rotatable bonds is 1. The number of hydrogen-bond acceptors (Lipinski definition) is 2. The monoisotopic (exact) mass is 303 g/mol. The van der Waals surface area contributed by atoms with Crippen LogP contribution in [0, 0.1) is 0 Å². The summed E-state index contributed by atoms with van der Waals surface area (Å²) in [6, 6.07) is 1.85. The van der Waals surface area contributed by atoms with Gasteiger partial charge in [-0.25, -0.2) is 4.79 Å². The summed E-state index contributed by atoms with van der Waals surface area (Å²) in [7, 11) is 0. The number of fused-ring (bicyclic) bond motifs is 14. The van der Waals surface area contributed by atoms with Gasteiger partial charge in [0.05, 0.1) is 11.3 Å². The number of aromatic carboxylic acids is 1. The molecule has 0 atom stereocenters. The smallest absolute Gasteiger partial charge is 0.337 e. The van der Waals surface area contributed by atoms with Crippen molar-refractivity contribution in [1.82, 2.24) is 4.98 Å². The van der Waals surface area contributed by atoms with Crippen molar-refractivity contribution in [2.24, 2.45) is 0 Å². The van der Waals surface area contributed by atoms with Gasteiger partial charge in [-0.1, -0.05) is 57.8 Å². The van der Waals surface area contributed by atoms with Crippen molar-refractivity contribution in [3.63, 3.8) is 0 Å². The van der Waals surface area contributed by atoms with Crippen molar-refractivity contribution in [1.29, 1.82) is 0 Å². The maximum absolute atomic E-state index is 11.5. The minimum atomic E-state index is -0.831. The van der Waals surface area contributed by atoms with E-state index < -0.39 is 5.97 Å². The lowest BCUT2D eigenvalue weighted by Crippen LogP contribution is -2.06. The molecule has 1 aliphatic carbocycles. The van der Waals surface area contributed by atoms with E-state index in [1.165, 1.54) is 57.8 Å². The zero-order valence-electron chi connectivity index (χ0n) is 13.6. The molecule has 0 spiro atoms. The summed E-state index contributed by atoms with van der Waals surface area (Å²) in [5.41, 5.74) is 2.26. The summed E-state index contributed by atoms with van der Waals surface area (Å²) in [4.78, 5) is 15.9. The van der Waals surface area contributed by atoms with Crippen molar-refractivity contribution in [2.45, 2.75) is 83.5 Å². The largest absolute Gasteiger partial charge is 0.478 e. The molecule has 1 aliphatic heterocycles. The first kappa shape index (κ1) is 17.0. The number of carboxylic acids is 1. The molecule has 0 unspecified atom stereocenters. The number of nitrogens with zero attached hydrogens (tertiary/aromatic N) is 1. The standard InChI is InChI=1S/C19H29NO2/c21-19(22)17-14-16-12-10-8-6-4-2-1-3-5-7-9-11-13-18(17)20-15-16/h14-15H,1-13H2,(H,21,22). The van der Waals surface area contributed by atoms with Gasteiger partial charge in [0, 0.05) is 6.20 Å². The van der Waals surface area contributed by atoms with Crippen LogP contribution in [0.25, 0.3) is 0 Å². The summed E-state index contributed by atoms with van der Waals surface area (Å²) >= 11 is 0. The van der Waals surface area contributed by atoms with Crippen LogP contribution in [0.5, 0.6) is 0 Å². The van der Waals surface area contributed by atoms with Crippen molar-refractivity contribution < 1.29 is 9.90 Å². The van der Waals surface area contributed by atoms with Gasteiger partial charge in [0.1, 0.15) is 0 Å². The van der Waals surface area contributed by atoms with E-state index in [-0.39, 0.29) is 0 Å². The first-order valence-electron chi connectivity index (χ1n) is 8.98. The normalized spacial score (nSPS) is 18.7. The summed E-state index contributed by atoms with van der Waals surface area (Å²) < 4.78 is 0. The molecule has 2 heterocycles. The highest BCUT2D eigenvalue weighted by molar-refractivity contribution is 5.89. The average Bonchev–Trinajstić information content (AvgIpc) is 2.52. The topological polar surface area (TPSA) is 50.2 Å². The molecule has 0 aromatic carbocycles. The van der Waals surface area contributed by atoms with E-state index in [4.69, 9.17) is 0 Å². The van der Waals surface area contributed by atoms with Crippen LogP contribution in [0.4, 0.5) is 0 Å². The van der Waals surface area contributed by atoms with Gasteiger partial charge in [-0.2, -0.15) is 0 Å². The first-order valence-corrected chi connectivity index (χ1v) is 8.98. The molecule has 3 nitrogen and oxygen atoms in total. The molecule has 3 rings (SSSR count). The van der Waals surface area contributed by atoms with Gasteiger partial charge in [-0.3, -0.25) is 4.98 Å². The number of carbonyl (C=O) groups is 1. The summed E-state index contributed by atoms with van der Waals surface area (Å²) in [5, 5.41) is 9.41. The van der Waals surface area contributed by atoms with Gasteiger partial charge < -0.3 is 5.11 Å². The molecule has 0 saturated carbocycles. The highest BCUT2D eigenvalue weighted by Gasteiger charge is 2.12. The lowest BCUT2D eigenvalue weighted by Gasteiger charge is -2.08. The van der Waals surface area contributed by atoms with Crippen LogP contribution in [0.1, 0.15) is 92.2 Å². The van der Waals surface area contributed by atoms with Crippen LogP contribution >= 0.6 is 0 Å². The number of aryl methyl sites for hydroxylation is 2. The molecule has 2 aliphatic rings. The summed E-state index contributed by atoms with van der Waals surface area (Å²) in [6.07, 6.45) is 17.6. The van der Waals surface area contributed by atoms with Crippen molar-refractivity contribution in [2.75, 3.05) is 0 Å². The molecule has 22 heavy (non-hydrogen) atoms. The average molecular weight is 303 g/mol. The third kappa shape index (κ3) is 5.78. The maximum Gasteiger partial charge on any atom is 0.337 e. The zero-order valence-corrected chi connectivity index (χ0v) is 13.6. The van der Waals surface area contributed by atoms with E-state index in [1.54, 1.807) is 0 Å². The quantitative estimate of drug-likeness (QED) is 0.778. The number of hydrogen-bond donors (Lipinski definition) is 1. The predicted molar refractivity (Wildman–Crippen MR) is 89.4 cm³/mol. The third-order valence-electron chi connectivity index (χ3n) is 4.64. The molecular weight excluding hydrogens is 274 g/mol. The molecule has 1 N–H and O–H groups in total. The number of pyridine rings is 1. The Hall–Kier alpha value is -1.38. The second kappa shape index (κ2) is 9.60.